The number of hydrogen-bond acceptors (Lipinski definition) is 4. The number of anilines is 1. The van der Waals surface area contributed by atoms with Crippen LogP contribution in [0.3, 0.4) is 0 Å². The molecule has 0 unspecified atom stereocenters. The van der Waals surface area contributed by atoms with E-state index < -0.39 is 5.97 Å². The number of amides is 1. The monoisotopic (exact) mass is 304 g/mol. The van der Waals surface area contributed by atoms with Gasteiger partial charge in [0, 0.05) is 11.9 Å². The van der Waals surface area contributed by atoms with Crippen LogP contribution in [-0.4, -0.2) is 23.5 Å². The van der Waals surface area contributed by atoms with Crippen LogP contribution in [0.4, 0.5) is 5.69 Å². The fraction of sp³-hybridized carbons (Fsp3) is 0.133. The number of aromatic nitrogens is 1. The number of carbonyl (C=O) groups is 2. The Hall–Kier alpha value is -2.40. The van der Waals surface area contributed by atoms with Gasteiger partial charge >= 0.3 is 5.97 Å². The van der Waals surface area contributed by atoms with Crippen LogP contribution in [0.2, 0.25) is 5.02 Å². The molecule has 6 heteroatoms. The van der Waals surface area contributed by atoms with Crippen molar-refractivity contribution < 1.29 is 14.3 Å². The second-order valence-corrected chi connectivity index (χ2v) is 4.55. The van der Waals surface area contributed by atoms with Crippen LogP contribution in [0.25, 0.3) is 0 Å². The zero-order valence-electron chi connectivity index (χ0n) is 11.3. The standard InChI is InChI=1S/C15H13ClN2O3/c1-2-21-15(20)10-3-6-12(7-4-10)18-14(19)13-8-5-11(16)9-17-13/h3-9H,2H2,1H3,(H,18,19). The molecule has 1 amide bonds. The summed E-state index contributed by atoms with van der Waals surface area (Å²) in [5.74, 6) is -0.745. The minimum absolute atomic E-state index is 0.258. The third kappa shape index (κ3) is 4.03. The molecule has 5 nitrogen and oxygen atoms in total. The van der Waals surface area contributed by atoms with Crippen LogP contribution >= 0.6 is 11.6 Å². The van der Waals surface area contributed by atoms with E-state index in [1.54, 1.807) is 37.3 Å². The molecule has 0 aliphatic rings. The fourth-order valence-electron chi connectivity index (χ4n) is 1.61. The lowest BCUT2D eigenvalue weighted by molar-refractivity contribution is 0.0526. The van der Waals surface area contributed by atoms with Gasteiger partial charge in [-0.1, -0.05) is 11.6 Å². The number of rotatable bonds is 4. The first-order chi connectivity index (χ1) is 10.1. The minimum atomic E-state index is -0.394. The molecule has 0 saturated carbocycles. The maximum Gasteiger partial charge on any atom is 0.338 e. The number of halogens is 1. The first-order valence-corrected chi connectivity index (χ1v) is 6.68. The zero-order valence-corrected chi connectivity index (χ0v) is 12.1. The van der Waals surface area contributed by atoms with Gasteiger partial charge in [0.05, 0.1) is 17.2 Å². The summed E-state index contributed by atoms with van der Waals surface area (Å²) >= 11 is 5.71. The molecule has 0 atom stereocenters. The Morgan fingerprint density at radius 3 is 2.48 bits per heavy atom. The van der Waals surface area contributed by atoms with Crippen molar-refractivity contribution in [1.29, 1.82) is 0 Å². The number of pyridine rings is 1. The van der Waals surface area contributed by atoms with Gasteiger partial charge in [0.15, 0.2) is 0 Å². The van der Waals surface area contributed by atoms with Crippen molar-refractivity contribution in [2.75, 3.05) is 11.9 Å². The smallest absolute Gasteiger partial charge is 0.338 e. The average Bonchev–Trinajstić information content (AvgIpc) is 2.49. The number of esters is 1. The minimum Gasteiger partial charge on any atom is -0.462 e. The molecule has 2 rings (SSSR count). The topological polar surface area (TPSA) is 68.3 Å². The Morgan fingerprint density at radius 2 is 1.90 bits per heavy atom. The molecule has 0 aliphatic carbocycles. The highest BCUT2D eigenvalue weighted by atomic mass is 35.5. The summed E-state index contributed by atoms with van der Waals surface area (Å²) in [6, 6.07) is 9.55. The molecule has 1 aromatic heterocycles. The van der Waals surface area contributed by atoms with Crippen molar-refractivity contribution in [1.82, 2.24) is 4.98 Å². The van der Waals surface area contributed by atoms with Crippen molar-refractivity contribution in [2.24, 2.45) is 0 Å². The van der Waals surface area contributed by atoms with Crippen LogP contribution in [0.5, 0.6) is 0 Å². The predicted octanol–water partition coefficient (Wildman–Crippen LogP) is 3.16. The van der Waals surface area contributed by atoms with Crippen LogP contribution in [0.15, 0.2) is 42.6 Å². The fourth-order valence-corrected chi connectivity index (χ4v) is 1.72. The van der Waals surface area contributed by atoms with Gasteiger partial charge in [0.2, 0.25) is 0 Å². The first-order valence-electron chi connectivity index (χ1n) is 6.30. The average molecular weight is 305 g/mol. The highest BCUT2D eigenvalue weighted by molar-refractivity contribution is 6.30. The highest BCUT2D eigenvalue weighted by Gasteiger charge is 2.09. The summed E-state index contributed by atoms with van der Waals surface area (Å²) in [5, 5.41) is 3.14. The largest absolute Gasteiger partial charge is 0.462 e. The van der Waals surface area contributed by atoms with E-state index in [0.29, 0.717) is 22.9 Å². The number of benzene rings is 1. The Morgan fingerprint density at radius 1 is 1.19 bits per heavy atom. The zero-order chi connectivity index (χ0) is 15.2. The van der Waals surface area contributed by atoms with Crippen molar-refractivity contribution >= 4 is 29.2 Å². The summed E-state index contributed by atoms with van der Waals surface area (Å²) in [6.45, 7) is 2.06. The molecule has 2 aromatic rings. The van der Waals surface area contributed by atoms with E-state index in [-0.39, 0.29) is 11.6 Å². The van der Waals surface area contributed by atoms with E-state index in [4.69, 9.17) is 16.3 Å². The lowest BCUT2D eigenvalue weighted by Gasteiger charge is -2.06. The molecular formula is C15H13ClN2O3. The van der Waals surface area contributed by atoms with Gasteiger partial charge in [-0.25, -0.2) is 9.78 Å². The van der Waals surface area contributed by atoms with Crippen molar-refractivity contribution in [3.05, 3.63) is 58.9 Å². The maximum atomic E-state index is 11.9. The van der Waals surface area contributed by atoms with Gasteiger partial charge in [0.25, 0.3) is 5.91 Å². The Labute approximate surface area is 126 Å². The molecule has 0 spiro atoms. The van der Waals surface area contributed by atoms with Gasteiger partial charge in [-0.2, -0.15) is 0 Å². The summed E-state index contributed by atoms with van der Waals surface area (Å²) in [6.07, 6.45) is 1.40. The van der Waals surface area contributed by atoms with E-state index in [0.717, 1.165) is 0 Å². The van der Waals surface area contributed by atoms with Gasteiger partial charge in [-0.05, 0) is 43.3 Å². The first kappa shape index (κ1) is 15.0. The molecule has 0 saturated heterocycles. The number of ether oxygens (including phenoxy) is 1. The molecule has 0 fully saturated rings. The molecule has 1 heterocycles. The van der Waals surface area contributed by atoms with Crippen LogP contribution in [0, 0.1) is 0 Å². The summed E-state index contributed by atoms with van der Waals surface area (Å²) in [7, 11) is 0. The Balaban J connectivity index is 2.04. The lowest BCUT2D eigenvalue weighted by atomic mass is 10.2. The number of nitrogens with zero attached hydrogens (tertiary/aromatic N) is 1. The lowest BCUT2D eigenvalue weighted by Crippen LogP contribution is -2.13. The number of carbonyl (C=O) groups excluding carboxylic acids is 2. The molecule has 1 N–H and O–H groups in total. The molecular weight excluding hydrogens is 292 g/mol. The van der Waals surface area contributed by atoms with Crippen LogP contribution < -0.4 is 5.32 Å². The number of hydrogen-bond donors (Lipinski definition) is 1. The van der Waals surface area contributed by atoms with E-state index in [1.807, 2.05) is 0 Å². The third-order valence-electron chi connectivity index (χ3n) is 2.61. The predicted molar refractivity (Wildman–Crippen MR) is 79.6 cm³/mol. The van der Waals surface area contributed by atoms with Gasteiger partial charge in [-0.15, -0.1) is 0 Å². The number of nitrogens with one attached hydrogen (secondary N) is 1. The SMILES string of the molecule is CCOC(=O)c1ccc(NC(=O)c2ccc(Cl)cn2)cc1. The Kier molecular flexibility index (Phi) is 4.90. The molecule has 0 aliphatic heterocycles. The van der Waals surface area contributed by atoms with Gasteiger partial charge < -0.3 is 10.1 Å². The van der Waals surface area contributed by atoms with Crippen molar-refractivity contribution in [3.63, 3.8) is 0 Å². The van der Waals surface area contributed by atoms with Gasteiger partial charge in [-0.3, -0.25) is 4.79 Å². The second kappa shape index (κ2) is 6.85. The van der Waals surface area contributed by atoms with E-state index >= 15 is 0 Å². The second-order valence-electron chi connectivity index (χ2n) is 4.11. The molecule has 0 radical (unpaired) electrons. The quantitative estimate of drug-likeness (QED) is 0.881. The molecule has 21 heavy (non-hydrogen) atoms. The van der Waals surface area contributed by atoms with Crippen molar-refractivity contribution in [3.8, 4) is 0 Å². The molecule has 1 aromatic carbocycles. The Bertz CT molecular complexity index is 639. The normalized spacial score (nSPS) is 10.0. The van der Waals surface area contributed by atoms with E-state index in [9.17, 15) is 9.59 Å². The van der Waals surface area contributed by atoms with Gasteiger partial charge in [0.1, 0.15) is 5.69 Å². The summed E-state index contributed by atoms with van der Waals surface area (Å²) < 4.78 is 4.88. The van der Waals surface area contributed by atoms with Crippen LogP contribution in [-0.2, 0) is 4.74 Å². The maximum absolute atomic E-state index is 11.9. The molecule has 108 valence electrons. The highest BCUT2D eigenvalue weighted by Crippen LogP contribution is 2.12. The van der Waals surface area contributed by atoms with Crippen molar-refractivity contribution in [2.45, 2.75) is 6.92 Å². The molecule has 0 bridgehead atoms. The summed E-state index contributed by atoms with van der Waals surface area (Å²) in [5.41, 5.74) is 1.25. The van der Waals surface area contributed by atoms with E-state index in [2.05, 4.69) is 10.3 Å². The van der Waals surface area contributed by atoms with E-state index in [1.165, 1.54) is 12.3 Å². The summed E-state index contributed by atoms with van der Waals surface area (Å²) in [4.78, 5) is 27.4. The van der Waals surface area contributed by atoms with Crippen LogP contribution in [0.1, 0.15) is 27.8 Å². The third-order valence-corrected chi connectivity index (χ3v) is 2.84.